The number of benzene rings is 1. The molecule has 2 N–H and O–H groups in total. The van der Waals surface area contributed by atoms with Gasteiger partial charge in [0, 0.05) is 12.1 Å². The fraction of sp³-hybridized carbons (Fsp3) is 0.690. The Morgan fingerprint density at radius 1 is 1.00 bits per heavy atom. The Hall–Kier alpha value is -2.22. The standard InChI is InChI=1S/C29H49N3O4S/c1-10-13-20(4)30-26(33)25(23-16-14-22(12-3)15-17-23)32(21(5)11-2)27(34)24(18-19-37-9)31-28(35)36-29(6,7)8/h14-17,20-21,24-25H,10-13,18-19H2,1-9H3,(H,30,33)(H,31,35). The number of aryl methyl sites for hydroxylation is 1. The number of nitrogens with one attached hydrogen (secondary N) is 2. The van der Waals surface area contributed by atoms with E-state index in [9.17, 15) is 14.4 Å². The molecule has 1 aromatic rings. The predicted octanol–water partition coefficient (Wildman–Crippen LogP) is 5.87. The van der Waals surface area contributed by atoms with Crippen LogP contribution in [0, 0.1) is 0 Å². The lowest BCUT2D eigenvalue weighted by atomic mass is 9.97. The highest BCUT2D eigenvalue weighted by molar-refractivity contribution is 7.98. The topological polar surface area (TPSA) is 87.7 Å². The van der Waals surface area contributed by atoms with Crippen LogP contribution >= 0.6 is 11.8 Å². The predicted molar refractivity (Wildman–Crippen MR) is 154 cm³/mol. The lowest BCUT2D eigenvalue weighted by molar-refractivity contribution is -0.145. The SMILES string of the molecule is CCCC(C)NC(=O)C(c1ccc(CC)cc1)N(C(=O)C(CCSC)NC(=O)OC(C)(C)C)C(C)CC. The van der Waals surface area contributed by atoms with Crippen molar-refractivity contribution < 1.29 is 19.1 Å². The molecule has 0 aromatic heterocycles. The van der Waals surface area contributed by atoms with Gasteiger partial charge in [0.1, 0.15) is 17.7 Å². The number of alkyl carbamates (subject to hydrolysis) is 1. The first-order valence-corrected chi connectivity index (χ1v) is 15.0. The second kappa shape index (κ2) is 15.9. The average Bonchev–Trinajstić information content (AvgIpc) is 2.83. The van der Waals surface area contributed by atoms with E-state index in [0.717, 1.165) is 30.4 Å². The van der Waals surface area contributed by atoms with Gasteiger partial charge >= 0.3 is 6.09 Å². The fourth-order valence-corrected chi connectivity index (χ4v) is 4.59. The summed E-state index contributed by atoms with van der Waals surface area (Å²) in [5, 5.41) is 5.92. The van der Waals surface area contributed by atoms with Crippen molar-refractivity contribution in [1.82, 2.24) is 15.5 Å². The third kappa shape index (κ3) is 11.0. The summed E-state index contributed by atoms with van der Waals surface area (Å²) in [5.41, 5.74) is 1.23. The van der Waals surface area contributed by atoms with Crippen LogP contribution in [0.25, 0.3) is 0 Å². The summed E-state index contributed by atoms with van der Waals surface area (Å²) in [5.74, 6) is 0.188. The van der Waals surface area contributed by atoms with Crippen LogP contribution in [-0.2, 0) is 20.7 Å². The number of thioether (sulfide) groups is 1. The molecule has 0 saturated carbocycles. The Labute approximate surface area is 228 Å². The molecule has 0 heterocycles. The second-order valence-corrected chi connectivity index (χ2v) is 11.7. The summed E-state index contributed by atoms with van der Waals surface area (Å²) in [6.45, 7) is 15.5. The van der Waals surface area contributed by atoms with Gasteiger partial charge < -0.3 is 20.3 Å². The van der Waals surface area contributed by atoms with Crippen LogP contribution in [0.5, 0.6) is 0 Å². The highest BCUT2D eigenvalue weighted by Gasteiger charge is 2.38. The van der Waals surface area contributed by atoms with Crippen LogP contribution in [0.3, 0.4) is 0 Å². The number of hydrogen-bond donors (Lipinski definition) is 2. The van der Waals surface area contributed by atoms with Gasteiger partial charge in [0.15, 0.2) is 0 Å². The summed E-state index contributed by atoms with van der Waals surface area (Å²) in [7, 11) is 0. The van der Waals surface area contributed by atoms with Gasteiger partial charge in [-0.2, -0.15) is 11.8 Å². The van der Waals surface area contributed by atoms with E-state index in [1.165, 1.54) is 0 Å². The van der Waals surface area contributed by atoms with Crippen molar-refractivity contribution in [3.63, 3.8) is 0 Å². The Balaban J connectivity index is 3.51. The maximum Gasteiger partial charge on any atom is 0.408 e. The number of amides is 3. The largest absolute Gasteiger partial charge is 0.444 e. The summed E-state index contributed by atoms with van der Waals surface area (Å²) < 4.78 is 5.46. The number of nitrogens with zero attached hydrogens (tertiary/aromatic N) is 1. The molecule has 210 valence electrons. The van der Waals surface area contributed by atoms with Crippen molar-refractivity contribution in [2.75, 3.05) is 12.0 Å². The lowest BCUT2D eigenvalue weighted by Crippen LogP contribution is -2.56. The number of rotatable bonds is 14. The number of carbonyl (C=O) groups excluding carboxylic acids is 3. The molecule has 3 amide bonds. The molecule has 4 atom stereocenters. The van der Waals surface area contributed by atoms with Gasteiger partial charge in [-0.15, -0.1) is 0 Å². The van der Waals surface area contributed by atoms with E-state index in [1.807, 2.05) is 51.3 Å². The van der Waals surface area contributed by atoms with Gasteiger partial charge in [-0.25, -0.2) is 4.79 Å². The van der Waals surface area contributed by atoms with E-state index in [1.54, 1.807) is 37.4 Å². The monoisotopic (exact) mass is 535 g/mol. The molecule has 0 bridgehead atoms. The maximum absolute atomic E-state index is 14.2. The zero-order valence-corrected chi connectivity index (χ0v) is 25.2. The van der Waals surface area contributed by atoms with Crippen molar-refractivity contribution in [3.05, 3.63) is 35.4 Å². The Morgan fingerprint density at radius 3 is 2.11 bits per heavy atom. The van der Waals surface area contributed by atoms with E-state index in [2.05, 4.69) is 24.5 Å². The lowest BCUT2D eigenvalue weighted by Gasteiger charge is -2.38. The van der Waals surface area contributed by atoms with Crippen LogP contribution in [0.2, 0.25) is 0 Å². The first-order chi connectivity index (χ1) is 17.4. The molecule has 0 fully saturated rings. The molecule has 0 aliphatic heterocycles. The van der Waals surface area contributed by atoms with Gasteiger partial charge in [-0.05, 0) is 83.4 Å². The molecule has 4 unspecified atom stereocenters. The van der Waals surface area contributed by atoms with Gasteiger partial charge in [-0.3, -0.25) is 9.59 Å². The molecule has 1 aromatic carbocycles. The number of hydrogen-bond acceptors (Lipinski definition) is 5. The van der Waals surface area contributed by atoms with Crippen LogP contribution < -0.4 is 10.6 Å². The first-order valence-electron chi connectivity index (χ1n) is 13.6. The smallest absolute Gasteiger partial charge is 0.408 e. The molecule has 0 spiro atoms. The molecule has 0 radical (unpaired) electrons. The molecular weight excluding hydrogens is 486 g/mol. The number of carbonyl (C=O) groups is 3. The van der Waals surface area contributed by atoms with Gasteiger partial charge in [0.25, 0.3) is 0 Å². The van der Waals surface area contributed by atoms with Crippen LogP contribution in [0.4, 0.5) is 4.79 Å². The zero-order valence-electron chi connectivity index (χ0n) is 24.3. The van der Waals surface area contributed by atoms with Gasteiger partial charge in [0.2, 0.25) is 11.8 Å². The van der Waals surface area contributed by atoms with Crippen molar-refractivity contribution >= 4 is 29.7 Å². The molecule has 7 nitrogen and oxygen atoms in total. The zero-order chi connectivity index (χ0) is 28.2. The first kappa shape index (κ1) is 32.8. The third-order valence-electron chi connectivity index (χ3n) is 6.26. The molecule has 0 saturated heterocycles. The quantitative estimate of drug-likeness (QED) is 0.311. The Morgan fingerprint density at radius 2 is 1.62 bits per heavy atom. The molecular formula is C29H49N3O4S. The van der Waals surface area contributed by atoms with E-state index in [4.69, 9.17) is 4.74 Å². The molecule has 8 heteroatoms. The third-order valence-corrected chi connectivity index (χ3v) is 6.90. The van der Waals surface area contributed by atoms with Crippen molar-refractivity contribution in [1.29, 1.82) is 0 Å². The van der Waals surface area contributed by atoms with Crippen LogP contribution in [0.1, 0.15) is 98.2 Å². The van der Waals surface area contributed by atoms with Gasteiger partial charge in [0.05, 0.1) is 0 Å². The van der Waals surface area contributed by atoms with Crippen LogP contribution in [-0.4, -0.2) is 58.5 Å². The van der Waals surface area contributed by atoms with Crippen LogP contribution in [0.15, 0.2) is 24.3 Å². The van der Waals surface area contributed by atoms with Crippen molar-refractivity contribution in [2.45, 2.75) is 117 Å². The molecule has 37 heavy (non-hydrogen) atoms. The summed E-state index contributed by atoms with van der Waals surface area (Å²) in [6.07, 6.45) is 5.09. The highest BCUT2D eigenvalue weighted by atomic mass is 32.2. The van der Waals surface area contributed by atoms with E-state index in [-0.39, 0.29) is 23.9 Å². The van der Waals surface area contributed by atoms with E-state index in [0.29, 0.717) is 18.6 Å². The molecule has 1 rings (SSSR count). The Kier molecular flexibility index (Phi) is 14.1. The summed E-state index contributed by atoms with van der Waals surface area (Å²) in [6, 6.07) is 6.02. The maximum atomic E-state index is 14.2. The fourth-order valence-electron chi connectivity index (χ4n) is 4.12. The van der Waals surface area contributed by atoms with Crippen molar-refractivity contribution in [2.24, 2.45) is 0 Å². The van der Waals surface area contributed by atoms with E-state index < -0.39 is 23.8 Å². The van der Waals surface area contributed by atoms with Crippen molar-refractivity contribution in [3.8, 4) is 0 Å². The Bertz CT molecular complexity index is 854. The summed E-state index contributed by atoms with van der Waals surface area (Å²) in [4.78, 5) is 42.3. The minimum Gasteiger partial charge on any atom is -0.444 e. The molecule has 0 aliphatic carbocycles. The average molecular weight is 536 g/mol. The normalized spacial score (nSPS) is 14.7. The van der Waals surface area contributed by atoms with Gasteiger partial charge in [-0.1, -0.05) is 51.5 Å². The van der Waals surface area contributed by atoms with E-state index >= 15 is 0 Å². The summed E-state index contributed by atoms with van der Waals surface area (Å²) >= 11 is 1.60. The number of ether oxygens (including phenoxy) is 1. The second-order valence-electron chi connectivity index (χ2n) is 10.7. The minimum absolute atomic E-state index is 0.0176. The molecule has 0 aliphatic rings. The highest BCUT2D eigenvalue weighted by Crippen LogP contribution is 2.27. The minimum atomic E-state index is -0.815.